The molecule has 1 aromatic carbocycles. The highest BCUT2D eigenvalue weighted by Crippen LogP contribution is 2.30. The molecule has 1 atom stereocenters. The van der Waals surface area contributed by atoms with Gasteiger partial charge in [0.15, 0.2) is 0 Å². The summed E-state index contributed by atoms with van der Waals surface area (Å²) in [4.78, 5) is 59.7. The van der Waals surface area contributed by atoms with Crippen LogP contribution in [-0.4, -0.2) is 52.3 Å². The SMILES string of the molecule is O=C(O)CCCOc1ccc2c(c1)C(=O)N(C1CCC(=O)NC1=O)C2=O. The first-order valence-corrected chi connectivity index (χ1v) is 8.08. The number of carbonyl (C=O) groups excluding carboxylic acids is 4. The van der Waals surface area contributed by atoms with Gasteiger partial charge >= 0.3 is 5.97 Å². The van der Waals surface area contributed by atoms with Gasteiger partial charge in [0.25, 0.3) is 11.8 Å². The summed E-state index contributed by atoms with van der Waals surface area (Å²) in [6.45, 7) is 0.157. The molecule has 3 rings (SSSR count). The molecular formula is C17H16N2O7. The molecule has 0 bridgehead atoms. The first kappa shape index (κ1) is 17.6. The van der Waals surface area contributed by atoms with Crippen LogP contribution in [0.2, 0.25) is 0 Å². The van der Waals surface area contributed by atoms with Gasteiger partial charge in [-0.3, -0.25) is 34.2 Å². The van der Waals surface area contributed by atoms with E-state index in [1.54, 1.807) is 0 Å². The van der Waals surface area contributed by atoms with E-state index < -0.39 is 35.6 Å². The molecule has 0 saturated carbocycles. The van der Waals surface area contributed by atoms with Crippen molar-refractivity contribution in [3.63, 3.8) is 0 Å². The summed E-state index contributed by atoms with van der Waals surface area (Å²) in [6.07, 6.45) is 0.420. The molecule has 136 valence electrons. The van der Waals surface area contributed by atoms with Crippen LogP contribution < -0.4 is 10.1 Å². The molecule has 1 aromatic rings. The van der Waals surface area contributed by atoms with Crippen molar-refractivity contribution in [2.75, 3.05) is 6.61 Å². The number of ether oxygens (including phenoxy) is 1. The first-order valence-electron chi connectivity index (χ1n) is 8.08. The second-order valence-corrected chi connectivity index (χ2v) is 6.00. The summed E-state index contributed by atoms with van der Waals surface area (Å²) in [5.74, 6) is -2.89. The predicted molar refractivity (Wildman–Crippen MR) is 85.5 cm³/mol. The number of fused-ring (bicyclic) bond motifs is 1. The molecular weight excluding hydrogens is 344 g/mol. The van der Waals surface area contributed by atoms with Crippen molar-refractivity contribution in [2.45, 2.75) is 31.7 Å². The van der Waals surface area contributed by atoms with Gasteiger partial charge in [0, 0.05) is 12.8 Å². The van der Waals surface area contributed by atoms with Gasteiger partial charge < -0.3 is 9.84 Å². The Morgan fingerprint density at radius 1 is 1.19 bits per heavy atom. The number of imide groups is 2. The quantitative estimate of drug-likeness (QED) is 0.552. The van der Waals surface area contributed by atoms with Crippen LogP contribution in [0.15, 0.2) is 18.2 Å². The average Bonchev–Trinajstić information content (AvgIpc) is 2.83. The highest BCUT2D eigenvalue weighted by molar-refractivity contribution is 6.23. The number of nitrogens with zero attached hydrogens (tertiary/aromatic N) is 1. The Hall–Kier alpha value is -3.23. The normalized spacial score (nSPS) is 19.4. The Labute approximate surface area is 147 Å². The van der Waals surface area contributed by atoms with Crippen molar-refractivity contribution >= 4 is 29.6 Å². The van der Waals surface area contributed by atoms with Crippen LogP contribution in [0.3, 0.4) is 0 Å². The molecule has 2 N–H and O–H groups in total. The van der Waals surface area contributed by atoms with E-state index >= 15 is 0 Å². The van der Waals surface area contributed by atoms with Gasteiger partial charge in [0.05, 0.1) is 17.7 Å². The highest BCUT2D eigenvalue weighted by Gasteiger charge is 2.44. The lowest BCUT2D eigenvalue weighted by Crippen LogP contribution is -2.54. The fraction of sp³-hybridized carbons (Fsp3) is 0.353. The van der Waals surface area contributed by atoms with Crippen LogP contribution in [0.1, 0.15) is 46.4 Å². The maximum atomic E-state index is 12.6. The van der Waals surface area contributed by atoms with E-state index in [4.69, 9.17) is 9.84 Å². The van der Waals surface area contributed by atoms with Crippen molar-refractivity contribution in [1.82, 2.24) is 10.2 Å². The van der Waals surface area contributed by atoms with Gasteiger partial charge in [-0.05, 0) is 31.0 Å². The summed E-state index contributed by atoms with van der Waals surface area (Å²) < 4.78 is 5.41. The molecule has 0 aromatic heterocycles. The van der Waals surface area contributed by atoms with E-state index in [0.717, 1.165) is 4.90 Å². The lowest BCUT2D eigenvalue weighted by molar-refractivity contribution is -0.138. The number of nitrogens with one attached hydrogen (secondary N) is 1. The lowest BCUT2D eigenvalue weighted by atomic mass is 10.0. The number of amides is 4. The van der Waals surface area contributed by atoms with Crippen molar-refractivity contribution in [3.8, 4) is 5.75 Å². The van der Waals surface area contributed by atoms with E-state index in [9.17, 15) is 24.0 Å². The first-order chi connectivity index (χ1) is 12.4. The third-order valence-corrected chi connectivity index (χ3v) is 4.21. The largest absolute Gasteiger partial charge is 0.494 e. The van der Waals surface area contributed by atoms with E-state index in [1.807, 2.05) is 0 Å². The number of carboxylic acid groups (broad SMARTS) is 1. The van der Waals surface area contributed by atoms with Crippen molar-refractivity contribution in [2.24, 2.45) is 0 Å². The van der Waals surface area contributed by atoms with Gasteiger partial charge in [-0.25, -0.2) is 0 Å². The standard InChI is InChI=1S/C17H16N2O7/c20-13-6-5-12(15(23)18-13)19-16(24)10-4-3-9(8-11(10)17(19)25)26-7-1-2-14(21)22/h3-4,8,12H,1-2,5-7H2,(H,21,22)(H,18,20,23). The fourth-order valence-corrected chi connectivity index (χ4v) is 2.95. The fourth-order valence-electron chi connectivity index (χ4n) is 2.95. The van der Waals surface area contributed by atoms with Crippen molar-refractivity contribution in [3.05, 3.63) is 29.3 Å². The van der Waals surface area contributed by atoms with Gasteiger partial charge in [-0.1, -0.05) is 0 Å². The monoisotopic (exact) mass is 360 g/mol. The number of piperidine rings is 1. The van der Waals surface area contributed by atoms with E-state index in [0.29, 0.717) is 12.2 Å². The zero-order valence-corrected chi connectivity index (χ0v) is 13.7. The van der Waals surface area contributed by atoms with Crippen LogP contribution in [0, 0.1) is 0 Å². The predicted octanol–water partition coefficient (Wildman–Crippen LogP) is 0.331. The van der Waals surface area contributed by atoms with Crippen LogP contribution >= 0.6 is 0 Å². The topological polar surface area (TPSA) is 130 Å². The molecule has 4 amide bonds. The molecule has 1 fully saturated rings. The van der Waals surface area contributed by atoms with E-state index in [1.165, 1.54) is 18.2 Å². The summed E-state index contributed by atoms with van der Waals surface area (Å²) in [5.41, 5.74) is 0.285. The highest BCUT2D eigenvalue weighted by atomic mass is 16.5. The van der Waals surface area contributed by atoms with Crippen LogP contribution in [-0.2, 0) is 14.4 Å². The summed E-state index contributed by atoms with van der Waals surface area (Å²) in [5, 5.41) is 10.7. The Morgan fingerprint density at radius 2 is 1.92 bits per heavy atom. The Balaban J connectivity index is 1.74. The molecule has 2 heterocycles. The van der Waals surface area contributed by atoms with Crippen molar-refractivity contribution in [1.29, 1.82) is 0 Å². The van der Waals surface area contributed by atoms with E-state index in [2.05, 4.69) is 5.32 Å². The molecule has 26 heavy (non-hydrogen) atoms. The second kappa shape index (κ2) is 6.95. The maximum absolute atomic E-state index is 12.6. The summed E-state index contributed by atoms with van der Waals surface area (Å²) >= 11 is 0. The Bertz CT molecular complexity index is 817. The number of hydrogen-bond donors (Lipinski definition) is 2. The van der Waals surface area contributed by atoms with Gasteiger partial charge in [-0.15, -0.1) is 0 Å². The number of benzene rings is 1. The zero-order chi connectivity index (χ0) is 18.8. The number of rotatable bonds is 6. The number of hydrogen-bond acceptors (Lipinski definition) is 6. The smallest absolute Gasteiger partial charge is 0.303 e. The van der Waals surface area contributed by atoms with E-state index in [-0.39, 0.29) is 37.0 Å². The minimum atomic E-state index is -1.01. The summed E-state index contributed by atoms with van der Waals surface area (Å²) in [7, 11) is 0. The minimum Gasteiger partial charge on any atom is -0.494 e. The molecule has 0 radical (unpaired) electrons. The van der Waals surface area contributed by atoms with Crippen molar-refractivity contribution < 1.29 is 33.8 Å². The van der Waals surface area contributed by atoms with Gasteiger partial charge in [0.1, 0.15) is 11.8 Å². The molecule has 9 nitrogen and oxygen atoms in total. The number of carboxylic acids is 1. The lowest BCUT2D eigenvalue weighted by Gasteiger charge is -2.27. The van der Waals surface area contributed by atoms with Crippen LogP contribution in [0.4, 0.5) is 0 Å². The molecule has 2 aliphatic rings. The molecule has 0 aliphatic carbocycles. The maximum Gasteiger partial charge on any atom is 0.303 e. The molecule has 2 aliphatic heterocycles. The van der Waals surface area contributed by atoms with Crippen LogP contribution in [0.5, 0.6) is 5.75 Å². The third kappa shape index (κ3) is 3.28. The molecule has 1 unspecified atom stereocenters. The Morgan fingerprint density at radius 3 is 2.62 bits per heavy atom. The average molecular weight is 360 g/mol. The second-order valence-electron chi connectivity index (χ2n) is 6.00. The minimum absolute atomic E-state index is 0.0361. The number of aliphatic carboxylic acids is 1. The number of carbonyl (C=O) groups is 5. The van der Waals surface area contributed by atoms with Gasteiger partial charge in [0.2, 0.25) is 11.8 Å². The van der Waals surface area contributed by atoms with Crippen LogP contribution in [0.25, 0.3) is 0 Å². The molecule has 1 saturated heterocycles. The Kier molecular flexibility index (Phi) is 4.70. The zero-order valence-electron chi connectivity index (χ0n) is 13.7. The molecule has 0 spiro atoms. The molecule has 9 heteroatoms. The van der Waals surface area contributed by atoms with Gasteiger partial charge in [-0.2, -0.15) is 0 Å². The third-order valence-electron chi connectivity index (χ3n) is 4.21. The summed E-state index contributed by atoms with van der Waals surface area (Å²) in [6, 6.07) is 3.34.